The Kier molecular flexibility index (Phi) is 0.758. The van der Waals surface area contributed by atoms with E-state index in [9.17, 15) is 0 Å². The van der Waals surface area contributed by atoms with E-state index in [0.717, 1.165) is 30.0 Å². The monoisotopic (exact) mass is 150 g/mol. The summed E-state index contributed by atoms with van der Waals surface area (Å²) in [5.74, 6) is 3.16. The van der Waals surface area contributed by atoms with Crippen molar-refractivity contribution in [2.75, 3.05) is 13.1 Å². The molecule has 6 fully saturated rings. The van der Waals surface area contributed by atoms with Gasteiger partial charge in [0.1, 0.15) is 0 Å². The molecule has 6 bridgehead atoms. The highest BCUT2D eigenvalue weighted by atomic mass is 15.4. The van der Waals surface area contributed by atoms with Gasteiger partial charge in [0.25, 0.3) is 0 Å². The number of hydrogen-bond donors (Lipinski definition) is 1. The van der Waals surface area contributed by atoms with Crippen LogP contribution in [-0.4, -0.2) is 30.2 Å². The lowest BCUT2D eigenvalue weighted by molar-refractivity contribution is -0.172. The van der Waals surface area contributed by atoms with Crippen molar-refractivity contribution in [3.63, 3.8) is 0 Å². The first-order valence-electron chi connectivity index (χ1n) is 4.92. The molecule has 0 radical (unpaired) electrons. The molecular weight excluding hydrogens is 136 g/mol. The Bertz CT molecular complexity index is 179. The van der Waals surface area contributed by atoms with E-state index in [1.165, 1.54) is 25.9 Å². The zero-order valence-corrected chi connectivity index (χ0v) is 6.66. The van der Waals surface area contributed by atoms with Crippen LogP contribution in [0.5, 0.6) is 0 Å². The molecule has 60 valence electrons. The van der Waals surface area contributed by atoms with Crippen molar-refractivity contribution >= 4 is 0 Å². The van der Waals surface area contributed by atoms with Crippen molar-refractivity contribution in [1.82, 2.24) is 10.2 Å². The minimum absolute atomic E-state index is 0.813. The fourth-order valence-electron chi connectivity index (χ4n) is 3.99. The normalized spacial score (nSPS) is 69.8. The van der Waals surface area contributed by atoms with Gasteiger partial charge in [-0.05, 0) is 24.7 Å². The Morgan fingerprint density at radius 3 is 3.00 bits per heavy atom. The summed E-state index contributed by atoms with van der Waals surface area (Å²) in [6.07, 6.45) is 3.88. The lowest BCUT2D eigenvalue weighted by Crippen LogP contribution is -2.81. The van der Waals surface area contributed by atoms with Crippen LogP contribution in [0.3, 0.4) is 0 Å². The molecule has 0 aromatic heterocycles. The highest BCUT2D eigenvalue weighted by molar-refractivity contribution is 5.13. The predicted octanol–water partition coefficient (Wildman–Crippen LogP) is 0.256. The van der Waals surface area contributed by atoms with Crippen molar-refractivity contribution < 1.29 is 0 Å². The SMILES string of the molecule is C1C2CC3C4NC3N(C2)CC14. The molecule has 0 aromatic carbocycles. The molecule has 0 spiro atoms. The topological polar surface area (TPSA) is 15.3 Å². The van der Waals surface area contributed by atoms with Crippen molar-refractivity contribution in [3.05, 3.63) is 0 Å². The summed E-state index contributed by atoms with van der Waals surface area (Å²) < 4.78 is 0. The summed E-state index contributed by atoms with van der Waals surface area (Å²) in [4.78, 5) is 2.69. The Balaban J connectivity index is 1.82. The summed E-state index contributed by atoms with van der Waals surface area (Å²) >= 11 is 0. The van der Waals surface area contributed by atoms with Crippen LogP contribution in [0.4, 0.5) is 0 Å². The van der Waals surface area contributed by atoms with Crippen molar-refractivity contribution in [1.29, 1.82) is 0 Å². The third kappa shape index (κ3) is 0.482. The number of piperidine rings is 3. The van der Waals surface area contributed by atoms with Gasteiger partial charge in [-0.1, -0.05) is 0 Å². The standard InChI is InChI=1S/C9H14N2/c1-5-2-7-8-6(1)4-11(3-5)9(7)10-8/h5-10H,1-4H2. The van der Waals surface area contributed by atoms with Gasteiger partial charge in [-0.2, -0.15) is 0 Å². The zero-order chi connectivity index (χ0) is 7.00. The van der Waals surface area contributed by atoms with Crippen molar-refractivity contribution in [3.8, 4) is 0 Å². The maximum atomic E-state index is 3.69. The van der Waals surface area contributed by atoms with Gasteiger partial charge in [-0.3, -0.25) is 10.2 Å². The Hall–Kier alpha value is -0.0800. The largest absolute Gasteiger partial charge is 0.298 e. The van der Waals surface area contributed by atoms with E-state index >= 15 is 0 Å². The summed E-state index contributed by atoms with van der Waals surface area (Å²) in [6.45, 7) is 2.81. The summed E-state index contributed by atoms with van der Waals surface area (Å²) in [5.41, 5.74) is 0. The van der Waals surface area contributed by atoms with Gasteiger partial charge in [0, 0.05) is 25.0 Å². The van der Waals surface area contributed by atoms with Crippen LogP contribution < -0.4 is 5.32 Å². The zero-order valence-electron chi connectivity index (χ0n) is 6.66. The minimum atomic E-state index is 0.813. The second kappa shape index (κ2) is 1.50. The number of hydrogen-bond acceptors (Lipinski definition) is 2. The number of nitrogens with one attached hydrogen (secondary N) is 1. The van der Waals surface area contributed by atoms with Gasteiger partial charge >= 0.3 is 0 Å². The van der Waals surface area contributed by atoms with Gasteiger partial charge in [0.15, 0.2) is 0 Å². The van der Waals surface area contributed by atoms with Crippen molar-refractivity contribution in [2.24, 2.45) is 17.8 Å². The van der Waals surface area contributed by atoms with Crippen LogP contribution in [0.15, 0.2) is 0 Å². The Labute approximate surface area is 66.9 Å². The first-order valence-corrected chi connectivity index (χ1v) is 4.92. The molecule has 5 heterocycles. The molecule has 1 aliphatic carbocycles. The van der Waals surface area contributed by atoms with Crippen LogP contribution >= 0.6 is 0 Å². The molecule has 11 heavy (non-hydrogen) atoms. The molecule has 5 saturated heterocycles. The summed E-state index contributed by atoms with van der Waals surface area (Å²) in [6, 6.07) is 0.938. The molecule has 6 unspecified atom stereocenters. The van der Waals surface area contributed by atoms with E-state index in [-0.39, 0.29) is 0 Å². The Morgan fingerprint density at radius 1 is 1.18 bits per heavy atom. The van der Waals surface area contributed by atoms with Gasteiger partial charge in [0.05, 0.1) is 6.17 Å². The first kappa shape index (κ1) is 5.55. The van der Waals surface area contributed by atoms with Crippen LogP contribution in [-0.2, 0) is 0 Å². The molecule has 2 heteroatoms. The maximum absolute atomic E-state index is 3.69. The van der Waals surface area contributed by atoms with E-state index in [2.05, 4.69) is 10.2 Å². The predicted molar refractivity (Wildman–Crippen MR) is 42.0 cm³/mol. The fraction of sp³-hybridized carbons (Fsp3) is 1.00. The third-order valence-electron chi connectivity index (χ3n) is 4.33. The quantitative estimate of drug-likeness (QED) is 0.532. The molecule has 0 amide bonds. The molecule has 0 aromatic rings. The van der Waals surface area contributed by atoms with Crippen molar-refractivity contribution in [2.45, 2.75) is 25.0 Å². The fourth-order valence-corrected chi connectivity index (χ4v) is 3.99. The number of rotatable bonds is 0. The number of nitrogens with zero attached hydrogens (tertiary/aromatic N) is 1. The van der Waals surface area contributed by atoms with Crippen LogP contribution in [0.25, 0.3) is 0 Å². The van der Waals surface area contributed by atoms with Gasteiger partial charge < -0.3 is 0 Å². The van der Waals surface area contributed by atoms with E-state index in [1.807, 2.05) is 0 Å². The lowest BCUT2D eigenvalue weighted by atomic mass is 9.59. The molecule has 1 saturated carbocycles. The smallest absolute Gasteiger partial charge is 0.0643 e. The average molecular weight is 150 g/mol. The summed E-state index contributed by atoms with van der Waals surface area (Å²) in [5, 5.41) is 3.69. The Morgan fingerprint density at radius 2 is 2.18 bits per heavy atom. The highest BCUT2D eigenvalue weighted by Crippen LogP contribution is 2.51. The van der Waals surface area contributed by atoms with E-state index < -0.39 is 0 Å². The molecular formula is C9H14N2. The third-order valence-corrected chi connectivity index (χ3v) is 4.33. The van der Waals surface area contributed by atoms with Crippen LogP contribution in [0.2, 0.25) is 0 Å². The summed E-state index contributed by atoms with van der Waals surface area (Å²) in [7, 11) is 0. The second-order valence-corrected chi connectivity index (χ2v) is 4.85. The molecule has 6 rings (SSSR count). The maximum Gasteiger partial charge on any atom is 0.0643 e. The molecule has 6 atom stereocenters. The van der Waals surface area contributed by atoms with Crippen LogP contribution in [0.1, 0.15) is 12.8 Å². The highest BCUT2D eigenvalue weighted by Gasteiger charge is 2.59. The second-order valence-electron chi connectivity index (χ2n) is 4.85. The van der Waals surface area contributed by atoms with Gasteiger partial charge in [-0.15, -0.1) is 0 Å². The van der Waals surface area contributed by atoms with Crippen LogP contribution in [0, 0.1) is 17.8 Å². The van der Waals surface area contributed by atoms with E-state index in [4.69, 9.17) is 0 Å². The van der Waals surface area contributed by atoms with E-state index in [1.54, 1.807) is 0 Å². The van der Waals surface area contributed by atoms with Gasteiger partial charge in [0.2, 0.25) is 0 Å². The molecule has 2 nitrogen and oxygen atoms in total. The molecule has 6 aliphatic rings. The van der Waals surface area contributed by atoms with E-state index in [0.29, 0.717) is 0 Å². The minimum Gasteiger partial charge on any atom is -0.298 e. The molecule has 1 N–H and O–H groups in total. The van der Waals surface area contributed by atoms with Gasteiger partial charge in [-0.25, -0.2) is 0 Å². The molecule has 5 aliphatic heterocycles. The first-order chi connectivity index (χ1) is 5.42. The lowest BCUT2D eigenvalue weighted by Gasteiger charge is -2.68. The average Bonchev–Trinajstić information content (AvgIpc) is 1.94.